The van der Waals surface area contributed by atoms with Crippen molar-refractivity contribution in [3.63, 3.8) is 0 Å². The number of hydrogen-bond donors (Lipinski definition) is 1. The lowest BCUT2D eigenvalue weighted by Gasteiger charge is -2.15. The fourth-order valence-corrected chi connectivity index (χ4v) is 2.51. The van der Waals surface area contributed by atoms with Gasteiger partial charge in [-0.15, -0.1) is 0 Å². The van der Waals surface area contributed by atoms with Gasteiger partial charge in [-0.3, -0.25) is 0 Å². The first-order chi connectivity index (χ1) is 11.0. The van der Waals surface area contributed by atoms with Gasteiger partial charge in [0.15, 0.2) is 0 Å². The molecule has 1 nitrogen and oxygen atoms in total. The molecule has 0 unspecified atom stereocenters. The molecule has 2 aromatic carbocycles. The average molecular weight is 309 g/mol. The topological polar surface area (TPSA) is 12.0 Å². The Balaban J connectivity index is 2.14. The normalized spacial score (nSPS) is 10.4. The third-order valence-electron chi connectivity index (χ3n) is 3.83. The van der Waals surface area contributed by atoms with Crippen LogP contribution in [-0.4, -0.2) is 0 Å². The molecule has 0 aliphatic carbocycles. The summed E-state index contributed by atoms with van der Waals surface area (Å²) in [6.45, 7) is 12.1. The standard InChI is InChI=1S/C21H24FN/c1-5-6-7-17-8-11-19(12-9-17)23-16(4)20-13-10-18(22)14-21(20)15(2)3/h8-14,23H,2,4-7H2,1,3H3. The summed E-state index contributed by atoms with van der Waals surface area (Å²) < 4.78 is 13.5. The van der Waals surface area contributed by atoms with Crippen LogP contribution in [0.25, 0.3) is 11.3 Å². The molecule has 120 valence electrons. The molecule has 0 heterocycles. The number of anilines is 1. The van der Waals surface area contributed by atoms with Gasteiger partial charge in [-0.1, -0.05) is 44.2 Å². The van der Waals surface area contributed by atoms with E-state index in [4.69, 9.17) is 0 Å². The maximum Gasteiger partial charge on any atom is 0.123 e. The third kappa shape index (κ3) is 4.56. The minimum absolute atomic E-state index is 0.264. The summed E-state index contributed by atoms with van der Waals surface area (Å²) in [6.07, 6.45) is 3.51. The Morgan fingerprint density at radius 2 is 1.74 bits per heavy atom. The lowest BCUT2D eigenvalue weighted by atomic mass is 9.99. The highest BCUT2D eigenvalue weighted by atomic mass is 19.1. The van der Waals surface area contributed by atoms with Crippen molar-refractivity contribution < 1.29 is 4.39 Å². The fraction of sp³-hybridized carbons (Fsp3) is 0.238. The largest absolute Gasteiger partial charge is 0.356 e. The van der Waals surface area contributed by atoms with E-state index in [1.165, 1.54) is 30.5 Å². The minimum Gasteiger partial charge on any atom is -0.356 e. The molecule has 0 bridgehead atoms. The predicted octanol–water partition coefficient (Wildman–Crippen LogP) is 6.28. The highest BCUT2D eigenvalue weighted by Gasteiger charge is 2.08. The number of hydrogen-bond acceptors (Lipinski definition) is 1. The van der Waals surface area contributed by atoms with Crippen molar-refractivity contribution in [2.75, 3.05) is 5.32 Å². The molecule has 0 amide bonds. The summed E-state index contributed by atoms with van der Waals surface area (Å²) >= 11 is 0. The molecular weight excluding hydrogens is 285 g/mol. The number of halogens is 1. The molecular formula is C21H24FN. The highest BCUT2D eigenvalue weighted by molar-refractivity contribution is 5.82. The van der Waals surface area contributed by atoms with Crippen LogP contribution in [0.4, 0.5) is 10.1 Å². The van der Waals surface area contributed by atoms with Crippen LogP contribution in [0.1, 0.15) is 43.4 Å². The van der Waals surface area contributed by atoms with Gasteiger partial charge >= 0.3 is 0 Å². The molecule has 0 radical (unpaired) electrons. The van der Waals surface area contributed by atoms with Crippen LogP contribution >= 0.6 is 0 Å². The van der Waals surface area contributed by atoms with Crippen LogP contribution in [0.15, 0.2) is 55.6 Å². The van der Waals surface area contributed by atoms with E-state index >= 15 is 0 Å². The molecule has 0 aliphatic heterocycles. The maximum atomic E-state index is 13.5. The van der Waals surface area contributed by atoms with Crippen molar-refractivity contribution in [2.24, 2.45) is 0 Å². The van der Waals surface area contributed by atoms with Crippen LogP contribution < -0.4 is 5.32 Å². The van der Waals surface area contributed by atoms with Crippen molar-refractivity contribution >= 4 is 17.0 Å². The molecule has 2 aromatic rings. The van der Waals surface area contributed by atoms with Crippen LogP contribution in [0.3, 0.4) is 0 Å². The number of rotatable bonds is 7. The van der Waals surface area contributed by atoms with Crippen molar-refractivity contribution in [1.29, 1.82) is 0 Å². The second kappa shape index (κ2) is 7.77. The summed E-state index contributed by atoms with van der Waals surface area (Å²) in [5, 5.41) is 3.30. The zero-order chi connectivity index (χ0) is 16.8. The van der Waals surface area contributed by atoms with Crippen LogP contribution in [0.5, 0.6) is 0 Å². The summed E-state index contributed by atoms with van der Waals surface area (Å²) in [4.78, 5) is 0. The first-order valence-electron chi connectivity index (χ1n) is 8.02. The van der Waals surface area contributed by atoms with Crippen molar-refractivity contribution in [2.45, 2.75) is 33.1 Å². The van der Waals surface area contributed by atoms with E-state index in [9.17, 15) is 4.39 Å². The molecule has 0 saturated carbocycles. The van der Waals surface area contributed by atoms with Gasteiger partial charge in [0.1, 0.15) is 5.82 Å². The number of unbranched alkanes of at least 4 members (excludes halogenated alkanes) is 1. The van der Waals surface area contributed by atoms with Crippen LogP contribution in [0, 0.1) is 5.82 Å². The van der Waals surface area contributed by atoms with E-state index in [0.29, 0.717) is 0 Å². The van der Waals surface area contributed by atoms with Gasteiger partial charge in [-0.2, -0.15) is 0 Å². The van der Waals surface area contributed by atoms with E-state index in [2.05, 4.69) is 49.7 Å². The van der Waals surface area contributed by atoms with Crippen molar-refractivity contribution in [1.82, 2.24) is 0 Å². The third-order valence-corrected chi connectivity index (χ3v) is 3.83. The minimum atomic E-state index is -0.264. The van der Waals surface area contributed by atoms with Crippen molar-refractivity contribution in [3.8, 4) is 0 Å². The van der Waals surface area contributed by atoms with Gasteiger partial charge in [0.25, 0.3) is 0 Å². The SMILES string of the molecule is C=C(C)c1cc(F)ccc1C(=C)Nc1ccc(CCCC)cc1. The zero-order valence-corrected chi connectivity index (χ0v) is 14.0. The predicted molar refractivity (Wildman–Crippen MR) is 98.8 cm³/mol. The first kappa shape index (κ1) is 17.0. The second-order valence-electron chi connectivity index (χ2n) is 5.87. The van der Waals surface area contributed by atoms with Gasteiger partial charge in [0.05, 0.1) is 0 Å². The molecule has 0 spiro atoms. The van der Waals surface area contributed by atoms with E-state index in [1.807, 2.05) is 6.92 Å². The molecule has 0 fully saturated rings. The quantitative estimate of drug-likeness (QED) is 0.634. The van der Waals surface area contributed by atoms with Crippen LogP contribution in [0.2, 0.25) is 0 Å². The van der Waals surface area contributed by atoms with Crippen LogP contribution in [-0.2, 0) is 6.42 Å². The average Bonchev–Trinajstić information content (AvgIpc) is 2.54. The Morgan fingerprint density at radius 3 is 2.35 bits per heavy atom. The molecule has 0 atom stereocenters. The molecule has 1 N–H and O–H groups in total. The smallest absolute Gasteiger partial charge is 0.123 e. The molecule has 23 heavy (non-hydrogen) atoms. The van der Waals surface area contributed by atoms with E-state index < -0.39 is 0 Å². The Kier molecular flexibility index (Phi) is 5.75. The Bertz CT molecular complexity index is 698. The number of allylic oxidation sites excluding steroid dienone is 1. The van der Waals surface area contributed by atoms with Gasteiger partial charge in [-0.05, 0) is 61.2 Å². The van der Waals surface area contributed by atoms with Gasteiger partial charge in [0.2, 0.25) is 0 Å². The fourth-order valence-electron chi connectivity index (χ4n) is 2.51. The second-order valence-corrected chi connectivity index (χ2v) is 5.87. The number of nitrogens with one attached hydrogen (secondary N) is 1. The molecule has 2 heteroatoms. The summed E-state index contributed by atoms with van der Waals surface area (Å²) in [5.74, 6) is -0.264. The molecule has 2 rings (SSSR count). The van der Waals surface area contributed by atoms with E-state index in [1.54, 1.807) is 6.07 Å². The number of aryl methyl sites for hydroxylation is 1. The molecule has 0 aliphatic rings. The maximum absolute atomic E-state index is 13.5. The highest BCUT2D eigenvalue weighted by Crippen LogP contribution is 2.26. The van der Waals surface area contributed by atoms with Gasteiger partial charge < -0.3 is 5.32 Å². The van der Waals surface area contributed by atoms with Gasteiger partial charge in [-0.25, -0.2) is 4.39 Å². The monoisotopic (exact) mass is 309 g/mol. The molecule has 0 aromatic heterocycles. The molecule has 0 saturated heterocycles. The number of benzene rings is 2. The Labute approximate surface area is 138 Å². The van der Waals surface area contributed by atoms with E-state index in [-0.39, 0.29) is 5.82 Å². The first-order valence-corrected chi connectivity index (χ1v) is 8.02. The van der Waals surface area contributed by atoms with Crippen molar-refractivity contribution in [3.05, 3.63) is 78.1 Å². The zero-order valence-electron chi connectivity index (χ0n) is 14.0. The summed E-state index contributed by atoms with van der Waals surface area (Å²) in [7, 11) is 0. The Hall–Kier alpha value is -2.35. The lowest BCUT2D eigenvalue weighted by molar-refractivity contribution is 0.627. The summed E-state index contributed by atoms with van der Waals surface area (Å²) in [6, 6.07) is 13.1. The van der Waals surface area contributed by atoms with Gasteiger partial charge in [0, 0.05) is 16.9 Å². The summed E-state index contributed by atoms with van der Waals surface area (Å²) in [5.41, 5.74) is 5.53. The van der Waals surface area contributed by atoms with E-state index in [0.717, 1.165) is 34.5 Å². The Morgan fingerprint density at radius 1 is 1.04 bits per heavy atom. The lowest BCUT2D eigenvalue weighted by Crippen LogP contribution is -2.01.